The van der Waals surface area contributed by atoms with E-state index in [1.54, 1.807) is 0 Å². The van der Waals surface area contributed by atoms with E-state index < -0.39 is 0 Å². The molecule has 1 N–H and O–H groups in total. The third-order valence-corrected chi connectivity index (χ3v) is 4.17. The number of imidazole rings is 1. The molecule has 1 aromatic heterocycles. The number of nitrogens with zero attached hydrogens (tertiary/aromatic N) is 1. The average Bonchev–Trinajstić information content (AvgIpc) is 2.55. The average molecular weight is 360 g/mol. The van der Waals surface area contributed by atoms with Crippen molar-refractivity contribution in [3.8, 4) is 0 Å². The van der Waals surface area contributed by atoms with Crippen molar-refractivity contribution in [2.24, 2.45) is 5.92 Å². The van der Waals surface area contributed by atoms with Gasteiger partial charge in [-0.3, -0.25) is 0 Å². The monoisotopic (exact) mass is 360 g/mol. The molecule has 2 aromatic rings. The molecule has 1 heterocycles. The fraction of sp³-hybridized carbons (Fsp3) is 0.462. The van der Waals surface area contributed by atoms with Gasteiger partial charge in [-0.15, -0.1) is 0 Å². The second-order valence-corrected chi connectivity index (χ2v) is 6.31. The Morgan fingerprint density at radius 1 is 1.41 bits per heavy atom. The van der Waals surface area contributed by atoms with Crippen molar-refractivity contribution in [3.63, 3.8) is 0 Å². The fourth-order valence-electron chi connectivity index (χ4n) is 2.38. The molecular weight excluding hydrogens is 343 g/mol. The fourth-order valence-corrected chi connectivity index (χ4v) is 3.22. The van der Waals surface area contributed by atoms with Crippen LogP contribution in [0.25, 0.3) is 11.0 Å². The third kappa shape index (κ3) is 2.42. The number of hydrogen-bond acceptors (Lipinski definition) is 1. The number of fused-ring (bicyclic) bond motifs is 1. The third-order valence-electron chi connectivity index (χ3n) is 3.20. The molecule has 0 fully saturated rings. The number of halogens is 1. The second kappa shape index (κ2) is 5.10. The zero-order valence-electron chi connectivity index (χ0n) is 10.3. The Hall–Kier alpha value is -0.360. The molecule has 0 spiro atoms. The summed E-state index contributed by atoms with van der Waals surface area (Å²) in [5, 5.41) is 0. The zero-order valence-corrected chi connectivity index (χ0v) is 13.3. The van der Waals surface area contributed by atoms with E-state index in [4.69, 9.17) is 12.2 Å². The van der Waals surface area contributed by atoms with Crippen LogP contribution in [0, 0.1) is 14.3 Å². The topological polar surface area (TPSA) is 20.7 Å². The van der Waals surface area contributed by atoms with Crippen molar-refractivity contribution in [2.45, 2.75) is 33.2 Å². The molecule has 1 unspecified atom stereocenters. The number of rotatable bonds is 3. The molecule has 4 heteroatoms. The van der Waals surface area contributed by atoms with Crippen LogP contribution < -0.4 is 0 Å². The van der Waals surface area contributed by atoms with Crippen molar-refractivity contribution in [2.75, 3.05) is 0 Å². The zero-order chi connectivity index (χ0) is 12.6. The van der Waals surface area contributed by atoms with E-state index in [1.165, 1.54) is 9.09 Å². The summed E-state index contributed by atoms with van der Waals surface area (Å²) >= 11 is 7.79. The summed E-state index contributed by atoms with van der Waals surface area (Å²) in [6.07, 6.45) is 1.10. The predicted molar refractivity (Wildman–Crippen MR) is 84.0 cm³/mol. The maximum Gasteiger partial charge on any atom is 0.178 e. The minimum absolute atomic E-state index is 0.469. The van der Waals surface area contributed by atoms with E-state index in [1.807, 2.05) is 0 Å². The molecule has 0 aliphatic heterocycles. The van der Waals surface area contributed by atoms with Gasteiger partial charge in [0.2, 0.25) is 0 Å². The summed E-state index contributed by atoms with van der Waals surface area (Å²) in [7, 11) is 0. The van der Waals surface area contributed by atoms with E-state index >= 15 is 0 Å². The Morgan fingerprint density at radius 2 is 2.12 bits per heavy atom. The van der Waals surface area contributed by atoms with Crippen molar-refractivity contribution in [1.82, 2.24) is 9.55 Å². The molecule has 0 saturated heterocycles. The van der Waals surface area contributed by atoms with Gasteiger partial charge in [-0.25, -0.2) is 0 Å². The first-order chi connectivity index (χ1) is 8.04. The number of nitrogens with one attached hydrogen (secondary N) is 1. The van der Waals surface area contributed by atoms with Gasteiger partial charge in [-0.1, -0.05) is 20.8 Å². The Morgan fingerprint density at radius 3 is 2.71 bits per heavy atom. The van der Waals surface area contributed by atoms with Crippen LogP contribution in [0.2, 0.25) is 0 Å². The number of H-pyrrole nitrogens is 1. The summed E-state index contributed by atoms with van der Waals surface area (Å²) in [5.74, 6) is 0.588. The van der Waals surface area contributed by atoms with Crippen molar-refractivity contribution in [3.05, 3.63) is 26.5 Å². The molecule has 1 aromatic carbocycles. The smallest absolute Gasteiger partial charge is 0.178 e. The lowest BCUT2D eigenvalue weighted by Crippen LogP contribution is -2.14. The highest BCUT2D eigenvalue weighted by molar-refractivity contribution is 14.1. The van der Waals surface area contributed by atoms with Gasteiger partial charge in [0, 0.05) is 9.61 Å². The molecule has 0 aliphatic rings. The quantitative estimate of drug-likeness (QED) is 0.609. The van der Waals surface area contributed by atoms with Gasteiger partial charge in [0.25, 0.3) is 0 Å². The summed E-state index contributed by atoms with van der Waals surface area (Å²) in [4.78, 5) is 3.31. The lowest BCUT2D eigenvalue weighted by atomic mass is 10.0. The number of hydrogen-bond donors (Lipinski definition) is 1. The molecule has 0 amide bonds. The number of benzene rings is 1. The molecule has 0 aliphatic carbocycles. The van der Waals surface area contributed by atoms with Crippen LogP contribution in [0.1, 0.15) is 33.2 Å². The summed E-state index contributed by atoms with van der Waals surface area (Å²) in [6.45, 7) is 6.72. The Kier molecular flexibility index (Phi) is 3.92. The van der Waals surface area contributed by atoms with E-state index in [2.05, 4.69) is 71.1 Å². The van der Waals surface area contributed by atoms with E-state index in [0.717, 1.165) is 16.7 Å². The molecule has 2 nitrogen and oxygen atoms in total. The van der Waals surface area contributed by atoms with Crippen LogP contribution in [0.4, 0.5) is 0 Å². The first-order valence-electron chi connectivity index (χ1n) is 5.94. The first-order valence-corrected chi connectivity index (χ1v) is 7.43. The van der Waals surface area contributed by atoms with Gasteiger partial charge in [-0.2, -0.15) is 0 Å². The number of aromatic nitrogens is 2. The highest BCUT2D eigenvalue weighted by Gasteiger charge is 2.17. The lowest BCUT2D eigenvalue weighted by molar-refractivity contribution is 0.370. The van der Waals surface area contributed by atoms with Crippen molar-refractivity contribution < 1.29 is 0 Å². The SMILES string of the molecule is CCC(C(C)C)n1c(=S)[nH]c2cc(I)ccc21. The normalized spacial score (nSPS) is 13.5. The van der Waals surface area contributed by atoms with Gasteiger partial charge in [0.05, 0.1) is 11.0 Å². The Balaban J connectivity index is 2.68. The summed E-state index contributed by atoms with van der Waals surface area (Å²) in [6, 6.07) is 6.91. The molecule has 92 valence electrons. The lowest BCUT2D eigenvalue weighted by Gasteiger charge is -2.21. The Bertz CT molecular complexity index is 583. The van der Waals surface area contributed by atoms with Crippen LogP contribution >= 0.6 is 34.8 Å². The molecule has 17 heavy (non-hydrogen) atoms. The molecule has 1 atom stereocenters. The molecule has 0 saturated carbocycles. The van der Waals surface area contributed by atoms with E-state index in [9.17, 15) is 0 Å². The molecule has 0 bridgehead atoms. The number of aromatic amines is 1. The van der Waals surface area contributed by atoms with Gasteiger partial charge < -0.3 is 9.55 Å². The molecular formula is C13H17IN2S. The largest absolute Gasteiger partial charge is 0.331 e. The highest BCUT2D eigenvalue weighted by atomic mass is 127. The van der Waals surface area contributed by atoms with Crippen LogP contribution in [0.15, 0.2) is 18.2 Å². The van der Waals surface area contributed by atoms with Crippen molar-refractivity contribution >= 4 is 45.8 Å². The van der Waals surface area contributed by atoms with E-state index in [0.29, 0.717) is 12.0 Å². The van der Waals surface area contributed by atoms with Gasteiger partial charge in [0.15, 0.2) is 4.77 Å². The van der Waals surface area contributed by atoms with E-state index in [-0.39, 0.29) is 0 Å². The maximum atomic E-state index is 5.46. The van der Waals surface area contributed by atoms with Crippen molar-refractivity contribution in [1.29, 1.82) is 0 Å². The minimum Gasteiger partial charge on any atom is -0.331 e. The highest BCUT2D eigenvalue weighted by Crippen LogP contribution is 2.27. The van der Waals surface area contributed by atoms with Crippen LogP contribution in [-0.2, 0) is 0 Å². The molecule has 2 rings (SSSR count). The van der Waals surface area contributed by atoms with Crippen LogP contribution in [0.3, 0.4) is 0 Å². The maximum absolute atomic E-state index is 5.46. The predicted octanol–water partition coefficient (Wildman–Crippen LogP) is 4.91. The van der Waals surface area contributed by atoms with Gasteiger partial charge in [-0.05, 0) is 65.3 Å². The van der Waals surface area contributed by atoms with Gasteiger partial charge >= 0.3 is 0 Å². The summed E-state index contributed by atoms with van der Waals surface area (Å²) in [5.41, 5.74) is 2.36. The Labute approximate surface area is 121 Å². The first kappa shape index (κ1) is 13.1. The van der Waals surface area contributed by atoms with Gasteiger partial charge in [0.1, 0.15) is 0 Å². The summed E-state index contributed by atoms with van der Waals surface area (Å²) < 4.78 is 4.34. The van der Waals surface area contributed by atoms with Crippen LogP contribution in [0.5, 0.6) is 0 Å². The standard InChI is InChI=1S/C13H17IN2S/c1-4-11(8(2)3)16-12-6-5-9(14)7-10(12)15-13(16)17/h5-8,11H,4H2,1-3H3,(H,15,17). The van der Waals surface area contributed by atoms with Crippen LogP contribution in [-0.4, -0.2) is 9.55 Å². The molecule has 0 radical (unpaired) electrons. The second-order valence-electron chi connectivity index (χ2n) is 4.68. The minimum atomic E-state index is 0.469.